The number of rotatable bonds is 39. The number of unbranched alkanes of at least 4 members (excludes halogenated alkanes) is 33. The zero-order valence-electron chi connectivity index (χ0n) is 33.2. The van der Waals surface area contributed by atoms with Crippen molar-refractivity contribution in [1.82, 2.24) is 9.80 Å². The van der Waals surface area contributed by atoms with Crippen molar-refractivity contribution in [3.63, 3.8) is 0 Å². The van der Waals surface area contributed by atoms with Crippen molar-refractivity contribution < 1.29 is 0 Å². The lowest BCUT2D eigenvalue weighted by molar-refractivity contribution is 0.135. The molecular weight excluding hydrogens is 569 g/mol. The van der Waals surface area contributed by atoms with Crippen molar-refractivity contribution in [3.8, 4) is 0 Å². The zero-order valence-corrected chi connectivity index (χ0v) is 33.2. The average Bonchev–Trinajstić information content (AvgIpc) is 3.47. The summed E-state index contributed by atoms with van der Waals surface area (Å²) in [6, 6.07) is 0. The summed E-state index contributed by atoms with van der Waals surface area (Å²) in [6.07, 6.45) is 58.9. The van der Waals surface area contributed by atoms with Gasteiger partial charge in [-0.2, -0.15) is 0 Å². The van der Waals surface area contributed by atoms with E-state index in [-0.39, 0.29) is 0 Å². The molecule has 0 radical (unpaired) electrons. The molecule has 0 bridgehead atoms. The topological polar surface area (TPSA) is 6.48 Å². The van der Waals surface area contributed by atoms with Crippen LogP contribution in [-0.2, 0) is 0 Å². The van der Waals surface area contributed by atoms with Gasteiger partial charge in [-0.25, -0.2) is 0 Å². The molecular formula is C45H90N2. The van der Waals surface area contributed by atoms with Crippen molar-refractivity contribution in [2.45, 2.75) is 265 Å². The summed E-state index contributed by atoms with van der Waals surface area (Å²) in [4.78, 5) is 5.46. The van der Waals surface area contributed by atoms with E-state index < -0.39 is 0 Å². The maximum absolute atomic E-state index is 2.73. The molecule has 0 fully saturated rings. The first kappa shape index (κ1) is 44.4. The van der Waals surface area contributed by atoms with Crippen molar-refractivity contribution in [1.29, 1.82) is 0 Å². The Kier molecular flexibility index (Phi) is 34.6. The smallest absolute Gasteiger partial charge is 0.101 e. The van der Waals surface area contributed by atoms with E-state index >= 15 is 0 Å². The lowest BCUT2D eigenvalue weighted by Crippen LogP contribution is -2.39. The molecule has 0 spiro atoms. The Hall–Kier alpha value is -0.660. The van der Waals surface area contributed by atoms with Crippen LogP contribution in [0.25, 0.3) is 0 Å². The molecule has 0 saturated heterocycles. The van der Waals surface area contributed by atoms with Gasteiger partial charge in [0.05, 0.1) is 0 Å². The molecule has 2 nitrogen and oxygen atoms in total. The van der Waals surface area contributed by atoms with Crippen molar-refractivity contribution in [2.24, 2.45) is 0 Å². The molecule has 0 unspecified atom stereocenters. The van der Waals surface area contributed by atoms with E-state index in [9.17, 15) is 0 Å². The number of hydrogen-bond acceptors (Lipinski definition) is 2. The molecule has 0 aliphatic carbocycles. The van der Waals surface area contributed by atoms with Gasteiger partial charge in [-0.15, -0.1) is 0 Å². The second-order valence-corrected chi connectivity index (χ2v) is 15.7. The fourth-order valence-electron chi connectivity index (χ4n) is 7.78. The maximum atomic E-state index is 2.73. The van der Waals surface area contributed by atoms with Gasteiger partial charge in [0.2, 0.25) is 0 Å². The van der Waals surface area contributed by atoms with Crippen LogP contribution in [-0.4, -0.2) is 29.1 Å². The van der Waals surface area contributed by atoms with E-state index in [2.05, 4.69) is 43.0 Å². The third kappa shape index (κ3) is 28.8. The van der Waals surface area contributed by atoms with Gasteiger partial charge >= 0.3 is 0 Å². The Bertz CT molecular complexity index is 573. The van der Waals surface area contributed by atoms with Gasteiger partial charge in [0.15, 0.2) is 0 Å². The third-order valence-electron chi connectivity index (χ3n) is 11.1. The second-order valence-electron chi connectivity index (χ2n) is 15.7. The molecule has 47 heavy (non-hydrogen) atoms. The third-order valence-corrected chi connectivity index (χ3v) is 11.1. The lowest BCUT2D eigenvalue weighted by Gasteiger charge is -2.33. The summed E-state index contributed by atoms with van der Waals surface area (Å²) in [5, 5.41) is 0. The summed E-state index contributed by atoms with van der Waals surface area (Å²) < 4.78 is 0. The summed E-state index contributed by atoms with van der Waals surface area (Å²) in [5.41, 5.74) is 0. The largest absolute Gasteiger partial charge is 0.356 e. The summed E-state index contributed by atoms with van der Waals surface area (Å²) >= 11 is 0. The summed E-state index contributed by atoms with van der Waals surface area (Å²) in [5.74, 6) is 0. The highest BCUT2D eigenvalue weighted by Crippen LogP contribution is 2.24. The normalized spacial score (nSPS) is 13.5. The fraction of sp³-hybridized carbons (Fsp3) is 0.956. The monoisotopic (exact) mass is 659 g/mol. The van der Waals surface area contributed by atoms with Crippen LogP contribution in [0.15, 0.2) is 12.4 Å². The van der Waals surface area contributed by atoms with E-state index in [1.54, 1.807) is 0 Å². The molecule has 1 rings (SSSR count). The Morgan fingerprint density at radius 1 is 0.277 bits per heavy atom. The maximum Gasteiger partial charge on any atom is 0.101 e. The van der Waals surface area contributed by atoms with E-state index in [1.807, 2.05) is 0 Å². The zero-order chi connectivity index (χ0) is 33.7. The van der Waals surface area contributed by atoms with E-state index in [0.717, 1.165) is 0 Å². The van der Waals surface area contributed by atoms with E-state index in [4.69, 9.17) is 0 Å². The minimum absolute atomic E-state index is 0.638. The van der Waals surface area contributed by atoms with Crippen LogP contribution in [0.5, 0.6) is 0 Å². The van der Waals surface area contributed by atoms with Crippen LogP contribution >= 0.6 is 0 Å². The Labute approximate surface area is 299 Å². The van der Waals surface area contributed by atoms with Crippen LogP contribution in [0.1, 0.15) is 258 Å². The summed E-state index contributed by atoms with van der Waals surface area (Å²) in [6.45, 7) is 9.49. The minimum atomic E-state index is 0.638. The molecule has 0 aromatic carbocycles. The number of hydrogen-bond donors (Lipinski definition) is 0. The first-order chi connectivity index (χ1) is 23.3. The first-order valence-corrected chi connectivity index (χ1v) is 22.5. The van der Waals surface area contributed by atoms with Gasteiger partial charge in [0.25, 0.3) is 0 Å². The standard InChI is InChI=1S/C45H90N2/c1-4-7-10-13-16-19-21-23-25-27-29-32-35-38-41-46-43-44-47(45(46)40-37-34-31-18-15-12-9-6-3)42-39-36-33-30-28-26-24-22-20-17-14-11-8-5-2/h43-45H,4-42H2,1-3H3. The van der Waals surface area contributed by atoms with Crippen molar-refractivity contribution in [3.05, 3.63) is 12.4 Å². The Balaban J connectivity index is 2.17. The predicted octanol–water partition coefficient (Wildman–Crippen LogP) is 15.9. The van der Waals surface area contributed by atoms with E-state index in [0.29, 0.717) is 6.17 Å². The second kappa shape index (κ2) is 36.6. The molecule has 1 heterocycles. The molecule has 0 amide bonds. The number of nitrogens with zero attached hydrogens (tertiary/aromatic N) is 2. The molecule has 2 heteroatoms. The van der Waals surface area contributed by atoms with Crippen molar-refractivity contribution in [2.75, 3.05) is 13.1 Å². The molecule has 280 valence electrons. The lowest BCUT2D eigenvalue weighted by atomic mass is 10.0. The van der Waals surface area contributed by atoms with E-state index in [1.165, 1.54) is 251 Å². The summed E-state index contributed by atoms with van der Waals surface area (Å²) in [7, 11) is 0. The Morgan fingerprint density at radius 3 is 0.745 bits per heavy atom. The first-order valence-electron chi connectivity index (χ1n) is 22.5. The fourth-order valence-corrected chi connectivity index (χ4v) is 7.78. The molecule has 0 N–H and O–H groups in total. The molecule has 1 aliphatic rings. The van der Waals surface area contributed by atoms with Crippen LogP contribution in [0, 0.1) is 0 Å². The SMILES string of the molecule is CCCCCCCCCCCCCCCCN1C=CN(CCCCCCCCCCCCCCCC)C1CCCCCCCCCC. The molecule has 1 aliphatic heterocycles. The van der Waals surface area contributed by atoms with Gasteiger partial charge in [0, 0.05) is 25.5 Å². The highest BCUT2D eigenvalue weighted by atomic mass is 15.4. The van der Waals surface area contributed by atoms with Crippen LogP contribution in [0.2, 0.25) is 0 Å². The highest BCUT2D eigenvalue weighted by Gasteiger charge is 2.24. The van der Waals surface area contributed by atoms with Gasteiger partial charge in [-0.1, -0.05) is 233 Å². The van der Waals surface area contributed by atoms with Crippen LogP contribution in [0.3, 0.4) is 0 Å². The van der Waals surface area contributed by atoms with Gasteiger partial charge < -0.3 is 9.80 Å². The molecule has 0 aromatic rings. The minimum Gasteiger partial charge on any atom is -0.356 e. The van der Waals surface area contributed by atoms with Gasteiger partial charge in [-0.05, 0) is 25.7 Å². The predicted molar refractivity (Wildman–Crippen MR) is 214 cm³/mol. The van der Waals surface area contributed by atoms with Crippen molar-refractivity contribution >= 4 is 0 Å². The molecule has 0 aromatic heterocycles. The van der Waals surface area contributed by atoms with Crippen LogP contribution < -0.4 is 0 Å². The van der Waals surface area contributed by atoms with Crippen LogP contribution in [0.4, 0.5) is 0 Å². The quantitative estimate of drug-likeness (QED) is 0.0606. The molecule has 0 saturated carbocycles. The highest BCUT2D eigenvalue weighted by molar-refractivity contribution is 4.97. The average molecular weight is 659 g/mol. The molecule has 0 atom stereocenters. The van der Waals surface area contributed by atoms with Gasteiger partial charge in [-0.3, -0.25) is 0 Å². The van der Waals surface area contributed by atoms with Gasteiger partial charge in [0.1, 0.15) is 6.17 Å². The Morgan fingerprint density at radius 2 is 0.489 bits per heavy atom.